The third-order valence-corrected chi connectivity index (χ3v) is 5.45. The van der Waals surface area contributed by atoms with Crippen LogP contribution < -0.4 is 9.64 Å². The summed E-state index contributed by atoms with van der Waals surface area (Å²) in [5.41, 5.74) is 0.751. The first kappa shape index (κ1) is 23.1. The van der Waals surface area contributed by atoms with Crippen LogP contribution in [-0.2, 0) is 9.59 Å². The van der Waals surface area contributed by atoms with Gasteiger partial charge < -0.3 is 9.84 Å². The van der Waals surface area contributed by atoms with Gasteiger partial charge in [-0.05, 0) is 74.4 Å². The molecule has 1 atom stereocenters. The molecule has 34 heavy (non-hydrogen) atoms. The van der Waals surface area contributed by atoms with Gasteiger partial charge in [-0.15, -0.1) is 0 Å². The Morgan fingerprint density at radius 1 is 1.06 bits per heavy atom. The molecule has 1 amide bonds. The molecule has 1 N–H and O–H groups in total. The van der Waals surface area contributed by atoms with Crippen LogP contribution in [0.25, 0.3) is 5.76 Å². The monoisotopic (exact) mass is 464 g/mol. The number of aliphatic hydroxyl groups is 1. The summed E-state index contributed by atoms with van der Waals surface area (Å²) in [7, 11) is 0. The molecule has 0 saturated carbocycles. The van der Waals surface area contributed by atoms with E-state index in [1.807, 2.05) is 13.8 Å². The number of hydrogen-bond acceptors (Lipinski definition) is 5. The summed E-state index contributed by atoms with van der Waals surface area (Å²) in [5, 5.41) is 11.2. The topological polar surface area (TPSA) is 79.7 Å². The van der Waals surface area contributed by atoms with Gasteiger partial charge in [0.1, 0.15) is 23.1 Å². The fourth-order valence-corrected chi connectivity index (χ4v) is 3.95. The number of pyridine rings is 1. The van der Waals surface area contributed by atoms with E-state index in [-0.39, 0.29) is 17.2 Å². The fraction of sp³-hybridized carbons (Fsp3) is 0.192. The molecule has 1 aromatic heterocycles. The lowest BCUT2D eigenvalue weighted by Crippen LogP contribution is -2.30. The molecule has 3 aromatic rings. The molecule has 1 unspecified atom stereocenters. The van der Waals surface area contributed by atoms with Crippen molar-refractivity contribution in [3.05, 3.63) is 94.8 Å². The maximum Gasteiger partial charge on any atom is 0.300 e. The predicted molar refractivity (Wildman–Crippen MR) is 122 cm³/mol. The van der Waals surface area contributed by atoms with E-state index in [1.165, 1.54) is 12.4 Å². The lowest BCUT2D eigenvalue weighted by atomic mass is 9.95. The van der Waals surface area contributed by atoms with Gasteiger partial charge in [-0.3, -0.25) is 19.5 Å². The molecule has 0 radical (unpaired) electrons. The Labute approximate surface area is 195 Å². The van der Waals surface area contributed by atoms with Crippen molar-refractivity contribution in [2.24, 2.45) is 0 Å². The number of aryl methyl sites for hydroxylation is 1. The summed E-state index contributed by atoms with van der Waals surface area (Å²) in [4.78, 5) is 31.0. The highest BCUT2D eigenvalue weighted by molar-refractivity contribution is 6.51. The number of rotatable bonds is 5. The number of carbonyl (C=O) groups is 2. The Bertz CT molecular complexity index is 1310. The first-order valence-electron chi connectivity index (χ1n) is 10.6. The van der Waals surface area contributed by atoms with Gasteiger partial charge in [0.2, 0.25) is 0 Å². The summed E-state index contributed by atoms with van der Waals surface area (Å²) < 4.78 is 34.4. The second-order valence-corrected chi connectivity index (χ2v) is 8.19. The Kier molecular flexibility index (Phi) is 6.15. The summed E-state index contributed by atoms with van der Waals surface area (Å²) in [6.45, 7) is 5.56. The number of ketones is 1. The van der Waals surface area contributed by atoms with Crippen molar-refractivity contribution in [2.75, 3.05) is 4.90 Å². The van der Waals surface area contributed by atoms with E-state index in [0.29, 0.717) is 16.9 Å². The number of aliphatic hydroxyl groups excluding tert-OH is 1. The van der Waals surface area contributed by atoms with Crippen molar-refractivity contribution in [2.45, 2.75) is 32.9 Å². The average Bonchev–Trinajstić information content (AvgIpc) is 3.07. The molecule has 1 aliphatic rings. The van der Waals surface area contributed by atoms with E-state index in [0.717, 1.165) is 23.1 Å². The lowest BCUT2D eigenvalue weighted by molar-refractivity contribution is -0.132. The van der Waals surface area contributed by atoms with Crippen LogP contribution >= 0.6 is 0 Å². The van der Waals surface area contributed by atoms with Gasteiger partial charge >= 0.3 is 0 Å². The largest absolute Gasteiger partial charge is 0.507 e. The second kappa shape index (κ2) is 9.05. The molecule has 4 rings (SSSR count). The Morgan fingerprint density at radius 2 is 1.76 bits per heavy atom. The van der Waals surface area contributed by atoms with Crippen molar-refractivity contribution >= 4 is 23.1 Å². The zero-order chi connectivity index (χ0) is 24.6. The number of anilines is 1. The number of ether oxygens (including phenoxy) is 1. The molecular weight excluding hydrogens is 442 g/mol. The van der Waals surface area contributed by atoms with Crippen molar-refractivity contribution < 1.29 is 28.2 Å². The maximum atomic E-state index is 14.7. The summed E-state index contributed by atoms with van der Waals surface area (Å²) in [6, 6.07) is 9.39. The minimum Gasteiger partial charge on any atom is -0.507 e. The molecule has 1 fully saturated rings. The van der Waals surface area contributed by atoms with Gasteiger partial charge in [-0.25, -0.2) is 8.78 Å². The van der Waals surface area contributed by atoms with E-state index >= 15 is 0 Å². The Hall–Kier alpha value is -4.07. The van der Waals surface area contributed by atoms with Gasteiger partial charge in [-0.1, -0.05) is 0 Å². The van der Waals surface area contributed by atoms with Crippen molar-refractivity contribution in [3.63, 3.8) is 0 Å². The van der Waals surface area contributed by atoms with E-state index in [1.54, 1.807) is 37.3 Å². The Morgan fingerprint density at radius 3 is 2.41 bits per heavy atom. The third kappa shape index (κ3) is 4.14. The van der Waals surface area contributed by atoms with Crippen LogP contribution in [0.4, 0.5) is 14.5 Å². The predicted octanol–water partition coefficient (Wildman–Crippen LogP) is 5.08. The molecule has 6 nitrogen and oxygen atoms in total. The number of carbonyl (C=O) groups excluding carboxylic acids is 2. The van der Waals surface area contributed by atoms with Crippen LogP contribution in [0.2, 0.25) is 0 Å². The SMILES string of the molecule is Cc1cc(/C(O)=C2\C(=O)C(=O)N(c3cc(F)ccc3F)C2c2ccncc2)ccc1OC(C)C. The normalized spacial score (nSPS) is 17.5. The lowest BCUT2D eigenvalue weighted by Gasteiger charge is -2.25. The first-order chi connectivity index (χ1) is 16.2. The summed E-state index contributed by atoms with van der Waals surface area (Å²) >= 11 is 0. The molecule has 2 aromatic carbocycles. The zero-order valence-electron chi connectivity index (χ0n) is 18.8. The number of hydrogen-bond donors (Lipinski definition) is 1. The summed E-state index contributed by atoms with van der Waals surface area (Å²) in [6.07, 6.45) is 2.83. The molecule has 1 saturated heterocycles. The third-order valence-electron chi connectivity index (χ3n) is 5.45. The number of benzene rings is 2. The van der Waals surface area contributed by atoms with Crippen LogP contribution in [0.1, 0.15) is 36.6 Å². The molecule has 8 heteroatoms. The molecule has 1 aliphatic heterocycles. The molecular formula is C26H22F2N2O4. The van der Waals surface area contributed by atoms with E-state index in [2.05, 4.69) is 4.98 Å². The van der Waals surface area contributed by atoms with Crippen LogP contribution in [0, 0.1) is 18.6 Å². The van der Waals surface area contributed by atoms with Gasteiger partial charge in [0, 0.05) is 24.0 Å². The molecule has 0 bridgehead atoms. The number of Topliss-reactive ketones (excluding diaryl/α,β-unsaturated/α-hetero) is 1. The standard InChI is InChI=1S/C26H22F2N2O4/c1-14(2)34-21-7-4-17(12-15(21)3)24(31)22-23(16-8-10-29-11-9-16)30(26(33)25(22)32)20-13-18(27)5-6-19(20)28/h4-14,23,31H,1-3H3/b24-22+. The molecule has 2 heterocycles. The van der Waals surface area contributed by atoms with Gasteiger partial charge in [0.15, 0.2) is 0 Å². The van der Waals surface area contributed by atoms with E-state index in [4.69, 9.17) is 4.74 Å². The highest BCUT2D eigenvalue weighted by atomic mass is 19.1. The average molecular weight is 464 g/mol. The van der Waals surface area contributed by atoms with Gasteiger partial charge in [0.05, 0.1) is 23.4 Å². The van der Waals surface area contributed by atoms with E-state index in [9.17, 15) is 23.5 Å². The number of nitrogens with zero attached hydrogens (tertiary/aromatic N) is 2. The first-order valence-corrected chi connectivity index (χ1v) is 10.6. The van der Waals surface area contributed by atoms with Gasteiger partial charge in [-0.2, -0.15) is 0 Å². The van der Waals surface area contributed by atoms with Crippen LogP contribution in [0.15, 0.2) is 66.5 Å². The minimum atomic E-state index is -1.19. The van der Waals surface area contributed by atoms with Gasteiger partial charge in [0.25, 0.3) is 11.7 Å². The number of aromatic nitrogens is 1. The van der Waals surface area contributed by atoms with Crippen molar-refractivity contribution in [3.8, 4) is 5.75 Å². The smallest absolute Gasteiger partial charge is 0.300 e. The highest BCUT2D eigenvalue weighted by Crippen LogP contribution is 2.43. The quantitative estimate of drug-likeness (QED) is 0.324. The zero-order valence-corrected chi connectivity index (χ0v) is 18.8. The van der Waals surface area contributed by atoms with Crippen LogP contribution in [0.3, 0.4) is 0 Å². The van der Waals surface area contributed by atoms with Crippen LogP contribution in [-0.4, -0.2) is 27.9 Å². The van der Waals surface area contributed by atoms with Crippen LogP contribution in [0.5, 0.6) is 5.75 Å². The summed E-state index contributed by atoms with van der Waals surface area (Å²) in [5.74, 6) is -3.57. The number of amides is 1. The second-order valence-electron chi connectivity index (χ2n) is 8.19. The fourth-order valence-electron chi connectivity index (χ4n) is 3.95. The number of halogens is 2. The maximum absolute atomic E-state index is 14.7. The highest BCUT2D eigenvalue weighted by Gasteiger charge is 2.47. The molecule has 0 spiro atoms. The molecule has 174 valence electrons. The minimum absolute atomic E-state index is 0.0590. The van der Waals surface area contributed by atoms with E-state index < -0.39 is 40.8 Å². The Balaban J connectivity index is 1.91. The van der Waals surface area contributed by atoms with Crippen molar-refractivity contribution in [1.29, 1.82) is 0 Å². The van der Waals surface area contributed by atoms with Crippen molar-refractivity contribution in [1.82, 2.24) is 4.98 Å². The molecule has 0 aliphatic carbocycles.